The van der Waals surface area contributed by atoms with E-state index in [1.54, 1.807) is 0 Å². The summed E-state index contributed by atoms with van der Waals surface area (Å²) in [4.78, 5) is 2.38. The molecule has 0 aliphatic heterocycles. The summed E-state index contributed by atoms with van der Waals surface area (Å²) in [6, 6.07) is 16.9. The largest absolute Gasteiger partial charge is 0.372 e. The summed E-state index contributed by atoms with van der Waals surface area (Å²) in [7, 11) is 0. The molecule has 0 bridgehead atoms. The van der Waals surface area contributed by atoms with Crippen LogP contribution in [0.2, 0.25) is 0 Å². The van der Waals surface area contributed by atoms with Gasteiger partial charge in [-0.05, 0) is 68.7 Å². The molecule has 0 saturated carbocycles. The lowest BCUT2D eigenvalue weighted by atomic mass is 10.1. The highest BCUT2D eigenvalue weighted by atomic mass is 32.1. The molecule has 3 nitrogen and oxygen atoms in total. The molecule has 0 aromatic heterocycles. The van der Waals surface area contributed by atoms with E-state index in [4.69, 9.17) is 12.2 Å². The third-order valence-corrected chi connectivity index (χ3v) is 4.28. The maximum Gasteiger partial charge on any atom is 0.170 e. The molecule has 0 aliphatic carbocycles. The average molecular weight is 342 g/mol. The van der Waals surface area contributed by atoms with E-state index in [0.717, 1.165) is 31.7 Å². The molecule has 0 fully saturated rings. The number of anilines is 2. The van der Waals surface area contributed by atoms with Crippen molar-refractivity contribution in [3.05, 3.63) is 59.7 Å². The molecule has 0 unspecified atom stereocenters. The van der Waals surface area contributed by atoms with Gasteiger partial charge in [0.15, 0.2) is 5.11 Å². The van der Waals surface area contributed by atoms with Gasteiger partial charge in [0.05, 0.1) is 0 Å². The first-order chi connectivity index (χ1) is 11.6. The minimum atomic E-state index is 0.687. The smallest absolute Gasteiger partial charge is 0.170 e. The first-order valence-electron chi connectivity index (χ1n) is 8.52. The van der Waals surface area contributed by atoms with Crippen molar-refractivity contribution >= 4 is 28.7 Å². The SMILES string of the molecule is CCN(CCCNC(=S)Nc1cc(C)ccc1C)c1ccccc1. The molecule has 0 atom stereocenters. The fraction of sp³-hybridized carbons (Fsp3) is 0.350. The minimum Gasteiger partial charge on any atom is -0.372 e. The molecule has 0 heterocycles. The second kappa shape index (κ2) is 9.28. The number of nitrogens with one attached hydrogen (secondary N) is 2. The molecular formula is C20H27N3S. The predicted molar refractivity (Wildman–Crippen MR) is 109 cm³/mol. The molecule has 24 heavy (non-hydrogen) atoms. The van der Waals surface area contributed by atoms with Gasteiger partial charge in [0.25, 0.3) is 0 Å². The van der Waals surface area contributed by atoms with E-state index in [1.807, 2.05) is 0 Å². The van der Waals surface area contributed by atoms with Crippen molar-refractivity contribution in [2.45, 2.75) is 27.2 Å². The number of hydrogen-bond acceptors (Lipinski definition) is 2. The molecule has 0 amide bonds. The molecule has 2 rings (SSSR count). The van der Waals surface area contributed by atoms with Crippen LogP contribution < -0.4 is 15.5 Å². The summed E-state index contributed by atoms with van der Waals surface area (Å²) in [6.07, 6.45) is 1.04. The minimum absolute atomic E-state index is 0.687. The van der Waals surface area contributed by atoms with Crippen molar-refractivity contribution < 1.29 is 0 Å². The van der Waals surface area contributed by atoms with Crippen LogP contribution in [0.15, 0.2) is 48.5 Å². The topological polar surface area (TPSA) is 27.3 Å². The van der Waals surface area contributed by atoms with Gasteiger partial charge < -0.3 is 15.5 Å². The number of thiocarbonyl (C=S) groups is 1. The van der Waals surface area contributed by atoms with Crippen LogP contribution in [0.25, 0.3) is 0 Å². The van der Waals surface area contributed by atoms with Crippen LogP contribution in [-0.2, 0) is 0 Å². The molecule has 2 N–H and O–H groups in total. The molecule has 0 radical (unpaired) electrons. The van der Waals surface area contributed by atoms with Crippen molar-refractivity contribution in [3.63, 3.8) is 0 Å². The van der Waals surface area contributed by atoms with Crippen LogP contribution in [-0.4, -0.2) is 24.7 Å². The molecule has 0 spiro atoms. The van der Waals surface area contributed by atoms with E-state index >= 15 is 0 Å². The Labute approximate surface area is 151 Å². The normalized spacial score (nSPS) is 10.3. The highest BCUT2D eigenvalue weighted by molar-refractivity contribution is 7.80. The molecule has 0 aliphatic rings. The monoisotopic (exact) mass is 341 g/mol. The Kier molecular flexibility index (Phi) is 7.07. The van der Waals surface area contributed by atoms with Crippen LogP contribution >= 0.6 is 12.2 Å². The van der Waals surface area contributed by atoms with Crippen LogP contribution in [0.3, 0.4) is 0 Å². The Morgan fingerprint density at radius 2 is 1.83 bits per heavy atom. The standard InChI is InChI=1S/C20H27N3S/c1-4-23(18-9-6-5-7-10-18)14-8-13-21-20(24)22-19-15-16(2)11-12-17(19)3/h5-7,9-12,15H,4,8,13-14H2,1-3H3,(H2,21,22,24). The zero-order chi connectivity index (χ0) is 17.4. The van der Waals surface area contributed by atoms with Crippen molar-refractivity contribution in [2.24, 2.45) is 0 Å². The molecule has 2 aromatic carbocycles. The number of benzene rings is 2. The van der Waals surface area contributed by atoms with E-state index in [1.165, 1.54) is 16.8 Å². The van der Waals surface area contributed by atoms with Gasteiger partial charge in [-0.3, -0.25) is 0 Å². The van der Waals surface area contributed by atoms with Crippen molar-refractivity contribution in [3.8, 4) is 0 Å². The average Bonchev–Trinajstić information content (AvgIpc) is 2.59. The highest BCUT2D eigenvalue weighted by Crippen LogP contribution is 2.16. The van der Waals surface area contributed by atoms with Gasteiger partial charge >= 0.3 is 0 Å². The fourth-order valence-electron chi connectivity index (χ4n) is 2.62. The van der Waals surface area contributed by atoms with E-state index in [9.17, 15) is 0 Å². The Bertz CT molecular complexity index is 655. The number of nitrogens with zero attached hydrogens (tertiary/aromatic N) is 1. The second-order valence-electron chi connectivity index (χ2n) is 5.97. The van der Waals surface area contributed by atoms with Gasteiger partial charge in [0.1, 0.15) is 0 Å². The summed E-state index contributed by atoms with van der Waals surface area (Å²) in [5.74, 6) is 0. The first-order valence-corrected chi connectivity index (χ1v) is 8.93. The van der Waals surface area contributed by atoms with Crippen LogP contribution in [0.5, 0.6) is 0 Å². The summed E-state index contributed by atoms with van der Waals surface area (Å²) in [5.41, 5.74) is 4.78. The Balaban J connectivity index is 1.75. The third kappa shape index (κ3) is 5.53. The van der Waals surface area contributed by atoms with Gasteiger partial charge in [0.2, 0.25) is 0 Å². The van der Waals surface area contributed by atoms with Gasteiger partial charge in [-0.2, -0.15) is 0 Å². The van der Waals surface area contributed by atoms with E-state index in [0.29, 0.717) is 5.11 Å². The molecule has 2 aromatic rings. The van der Waals surface area contributed by atoms with Crippen molar-refractivity contribution in [1.82, 2.24) is 5.32 Å². The van der Waals surface area contributed by atoms with E-state index in [-0.39, 0.29) is 0 Å². The Hall–Kier alpha value is -2.07. The molecular weight excluding hydrogens is 314 g/mol. The van der Waals surface area contributed by atoms with Crippen LogP contribution in [0.4, 0.5) is 11.4 Å². The maximum atomic E-state index is 5.40. The fourth-order valence-corrected chi connectivity index (χ4v) is 2.83. The molecule has 0 saturated heterocycles. The van der Waals surface area contributed by atoms with Crippen molar-refractivity contribution in [2.75, 3.05) is 29.9 Å². The predicted octanol–water partition coefficient (Wildman–Crippen LogP) is 4.51. The Morgan fingerprint density at radius 3 is 2.54 bits per heavy atom. The van der Waals surface area contributed by atoms with Gasteiger partial charge in [0, 0.05) is 31.0 Å². The van der Waals surface area contributed by atoms with E-state index < -0.39 is 0 Å². The maximum absolute atomic E-state index is 5.40. The lowest BCUT2D eigenvalue weighted by molar-refractivity contribution is 0.726. The van der Waals surface area contributed by atoms with E-state index in [2.05, 4.69) is 84.8 Å². The zero-order valence-corrected chi connectivity index (χ0v) is 15.6. The summed E-state index contributed by atoms with van der Waals surface area (Å²) in [6.45, 7) is 9.25. The molecule has 4 heteroatoms. The number of para-hydroxylation sites is 1. The van der Waals surface area contributed by atoms with Gasteiger partial charge in [-0.15, -0.1) is 0 Å². The van der Waals surface area contributed by atoms with Crippen LogP contribution in [0.1, 0.15) is 24.5 Å². The summed E-state index contributed by atoms with van der Waals surface area (Å²) >= 11 is 5.40. The third-order valence-electron chi connectivity index (χ3n) is 4.03. The quantitative estimate of drug-likeness (QED) is 0.572. The molecule has 128 valence electrons. The Morgan fingerprint density at radius 1 is 1.08 bits per heavy atom. The second-order valence-corrected chi connectivity index (χ2v) is 6.38. The number of aryl methyl sites for hydroxylation is 2. The van der Waals surface area contributed by atoms with Gasteiger partial charge in [-0.25, -0.2) is 0 Å². The van der Waals surface area contributed by atoms with Crippen molar-refractivity contribution in [1.29, 1.82) is 0 Å². The zero-order valence-electron chi connectivity index (χ0n) is 14.8. The highest BCUT2D eigenvalue weighted by Gasteiger charge is 2.04. The lowest BCUT2D eigenvalue weighted by Crippen LogP contribution is -2.32. The number of hydrogen-bond donors (Lipinski definition) is 2. The van der Waals surface area contributed by atoms with Crippen LogP contribution in [0, 0.1) is 13.8 Å². The summed E-state index contributed by atoms with van der Waals surface area (Å²) in [5, 5.41) is 7.28. The number of rotatable bonds is 7. The van der Waals surface area contributed by atoms with Gasteiger partial charge in [-0.1, -0.05) is 30.3 Å². The lowest BCUT2D eigenvalue weighted by Gasteiger charge is -2.23. The first kappa shape index (κ1) is 18.3. The summed E-state index contributed by atoms with van der Waals surface area (Å²) < 4.78 is 0.